The predicted octanol–water partition coefficient (Wildman–Crippen LogP) is -0.108. The normalized spacial score (nSPS) is 19.8. The number of rotatable bonds is 2. The second-order valence-corrected chi connectivity index (χ2v) is 5.08. The van der Waals surface area contributed by atoms with Gasteiger partial charge in [-0.1, -0.05) is 0 Å². The van der Waals surface area contributed by atoms with Crippen molar-refractivity contribution in [3.63, 3.8) is 0 Å². The fraction of sp³-hybridized carbons (Fsp3) is 0.500. The predicted molar refractivity (Wildman–Crippen MR) is 75.4 cm³/mol. The largest absolute Gasteiger partial charge is 0.357 e. The fourth-order valence-corrected chi connectivity index (χ4v) is 2.31. The van der Waals surface area contributed by atoms with Crippen molar-refractivity contribution in [2.24, 2.45) is 0 Å². The Morgan fingerprint density at radius 3 is 2.70 bits per heavy atom. The van der Waals surface area contributed by atoms with Crippen LogP contribution in [-0.2, 0) is 4.79 Å². The summed E-state index contributed by atoms with van der Waals surface area (Å²) < 4.78 is 0. The van der Waals surface area contributed by atoms with E-state index in [2.05, 4.69) is 15.2 Å². The van der Waals surface area contributed by atoms with Crippen LogP contribution in [0.2, 0.25) is 0 Å². The summed E-state index contributed by atoms with van der Waals surface area (Å²) >= 11 is 0. The number of hydrogen-bond acceptors (Lipinski definition) is 4. The molecule has 0 bridgehead atoms. The van der Waals surface area contributed by atoms with Gasteiger partial charge in [-0.15, -0.1) is 0 Å². The molecule has 0 spiro atoms. The number of likely N-dealkylation sites (N-methyl/N-ethyl adjacent to an activating group) is 2. The molecule has 1 fully saturated rings. The average molecular weight is 276 g/mol. The van der Waals surface area contributed by atoms with Crippen LogP contribution in [0.15, 0.2) is 18.3 Å². The highest BCUT2D eigenvalue weighted by molar-refractivity contribution is 5.97. The Morgan fingerprint density at radius 1 is 1.35 bits per heavy atom. The van der Waals surface area contributed by atoms with E-state index in [1.165, 1.54) is 0 Å². The summed E-state index contributed by atoms with van der Waals surface area (Å²) in [6, 6.07) is 3.11. The third kappa shape index (κ3) is 2.96. The number of carbonyl (C=O) groups excluding carboxylic acids is 2. The van der Waals surface area contributed by atoms with Crippen LogP contribution in [0.3, 0.4) is 0 Å². The second-order valence-electron chi connectivity index (χ2n) is 5.08. The van der Waals surface area contributed by atoms with Crippen molar-refractivity contribution >= 4 is 11.8 Å². The van der Waals surface area contributed by atoms with Gasteiger partial charge in [-0.25, -0.2) is 0 Å². The molecule has 1 aromatic rings. The first-order chi connectivity index (χ1) is 9.52. The monoisotopic (exact) mass is 276 g/mol. The van der Waals surface area contributed by atoms with E-state index in [4.69, 9.17) is 0 Å². The summed E-state index contributed by atoms with van der Waals surface area (Å²) in [6.07, 6.45) is 1.57. The highest BCUT2D eigenvalue weighted by Crippen LogP contribution is 2.13. The molecule has 1 aliphatic heterocycles. The molecule has 1 aromatic heterocycles. The van der Waals surface area contributed by atoms with Crippen molar-refractivity contribution in [1.82, 2.24) is 20.1 Å². The molecule has 1 saturated heterocycles. The molecule has 1 aliphatic rings. The third-order valence-corrected chi connectivity index (χ3v) is 3.55. The molecule has 0 unspecified atom stereocenters. The number of aromatic nitrogens is 1. The SMILES string of the molecule is CNC(=O)[C@@H]1CN(C)CCN1C(=O)c1ccc(C)nc1. The van der Waals surface area contributed by atoms with Gasteiger partial charge in [0.2, 0.25) is 5.91 Å². The molecule has 0 saturated carbocycles. The zero-order valence-corrected chi connectivity index (χ0v) is 12.1. The maximum atomic E-state index is 12.5. The number of aryl methyl sites for hydroxylation is 1. The minimum atomic E-state index is -0.451. The van der Waals surface area contributed by atoms with E-state index < -0.39 is 6.04 Å². The minimum Gasteiger partial charge on any atom is -0.357 e. The van der Waals surface area contributed by atoms with Crippen LogP contribution in [0.4, 0.5) is 0 Å². The molecule has 6 heteroatoms. The third-order valence-electron chi connectivity index (χ3n) is 3.55. The Bertz CT molecular complexity index is 500. The highest BCUT2D eigenvalue weighted by atomic mass is 16.2. The van der Waals surface area contributed by atoms with Crippen LogP contribution < -0.4 is 5.32 Å². The molecule has 6 nitrogen and oxygen atoms in total. The van der Waals surface area contributed by atoms with Crippen LogP contribution in [0.5, 0.6) is 0 Å². The summed E-state index contributed by atoms with van der Waals surface area (Å²) in [5, 5.41) is 2.63. The Hall–Kier alpha value is -1.95. The van der Waals surface area contributed by atoms with Crippen molar-refractivity contribution in [2.75, 3.05) is 33.7 Å². The topological polar surface area (TPSA) is 65.5 Å². The van der Waals surface area contributed by atoms with E-state index in [0.717, 1.165) is 12.2 Å². The maximum Gasteiger partial charge on any atom is 0.256 e. The molecule has 2 heterocycles. The number of nitrogens with one attached hydrogen (secondary N) is 1. The number of hydrogen-bond donors (Lipinski definition) is 1. The summed E-state index contributed by atoms with van der Waals surface area (Å²) in [5.41, 5.74) is 1.39. The number of amides is 2. The number of nitrogens with zero attached hydrogens (tertiary/aromatic N) is 3. The molecule has 2 amide bonds. The smallest absolute Gasteiger partial charge is 0.256 e. The van der Waals surface area contributed by atoms with Crippen LogP contribution >= 0.6 is 0 Å². The first kappa shape index (κ1) is 14.5. The summed E-state index contributed by atoms with van der Waals surface area (Å²) in [7, 11) is 3.54. The maximum absolute atomic E-state index is 12.5. The van der Waals surface area contributed by atoms with Gasteiger partial charge < -0.3 is 15.1 Å². The lowest BCUT2D eigenvalue weighted by Gasteiger charge is -2.38. The summed E-state index contributed by atoms with van der Waals surface area (Å²) in [5.74, 6) is -0.274. The highest BCUT2D eigenvalue weighted by Gasteiger charge is 2.34. The molecule has 108 valence electrons. The Labute approximate surface area is 118 Å². The molecular weight excluding hydrogens is 256 g/mol. The zero-order valence-electron chi connectivity index (χ0n) is 12.1. The van der Waals surface area contributed by atoms with Crippen molar-refractivity contribution in [2.45, 2.75) is 13.0 Å². The van der Waals surface area contributed by atoms with E-state index in [0.29, 0.717) is 18.7 Å². The van der Waals surface area contributed by atoms with E-state index in [1.54, 1.807) is 30.3 Å². The van der Waals surface area contributed by atoms with Gasteiger partial charge in [0.25, 0.3) is 5.91 Å². The number of pyridine rings is 1. The van der Waals surface area contributed by atoms with Crippen molar-refractivity contribution in [3.05, 3.63) is 29.6 Å². The van der Waals surface area contributed by atoms with Crippen LogP contribution in [0.1, 0.15) is 16.1 Å². The first-order valence-electron chi connectivity index (χ1n) is 6.66. The van der Waals surface area contributed by atoms with Crippen LogP contribution in [0, 0.1) is 6.92 Å². The summed E-state index contributed by atoms with van der Waals surface area (Å²) in [6.45, 7) is 3.72. The minimum absolute atomic E-state index is 0.134. The Balaban J connectivity index is 2.21. The van der Waals surface area contributed by atoms with Gasteiger partial charge in [-0.3, -0.25) is 14.6 Å². The van der Waals surface area contributed by atoms with Gasteiger partial charge in [-0.2, -0.15) is 0 Å². The van der Waals surface area contributed by atoms with Crippen LogP contribution in [0.25, 0.3) is 0 Å². The van der Waals surface area contributed by atoms with Crippen molar-refractivity contribution in [3.8, 4) is 0 Å². The fourth-order valence-electron chi connectivity index (χ4n) is 2.31. The molecule has 0 aliphatic carbocycles. The van der Waals surface area contributed by atoms with Gasteiger partial charge in [-0.05, 0) is 26.1 Å². The second kappa shape index (κ2) is 6.00. The molecule has 2 rings (SSSR count). The Kier molecular flexibility index (Phi) is 4.34. The molecule has 1 N–H and O–H groups in total. The molecule has 0 aromatic carbocycles. The van der Waals surface area contributed by atoms with E-state index in [9.17, 15) is 9.59 Å². The average Bonchev–Trinajstić information content (AvgIpc) is 2.46. The van der Waals surface area contributed by atoms with Crippen molar-refractivity contribution < 1.29 is 9.59 Å². The lowest BCUT2D eigenvalue weighted by atomic mass is 10.1. The first-order valence-corrected chi connectivity index (χ1v) is 6.66. The molecule has 0 radical (unpaired) electrons. The molecule has 20 heavy (non-hydrogen) atoms. The number of piperazine rings is 1. The zero-order chi connectivity index (χ0) is 14.7. The Morgan fingerprint density at radius 2 is 2.10 bits per heavy atom. The van der Waals surface area contributed by atoms with Gasteiger partial charge in [0.05, 0.1) is 5.56 Å². The number of carbonyl (C=O) groups is 2. The van der Waals surface area contributed by atoms with Gasteiger partial charge in [0.15, 0.2) is 0 Å². The molecular formula is C14H20N4O2. The van der Waals surface area contributed by atoms with Crippen LogP contribution in [-0.4, -0.2) is 66.4 Å². The van der Waals surface area contributed by atoms with Gasteiger partial charge in [0.1, 0.15) is 6.04 Å². The lowest BCUT2D eigenvalue weighted by Crippen LogP contribution is -2.59. The standard InChI is InChI=1S/C14H20N4O2/c1-10-4-5-11(8-16-10)14(20)18-7-6-17(3)9-12(18)13(19)15-2/h4-5,8,12H,6-7,9H2,1-3H3,(H,15,19)/t12-/m0/s1. The van der Waals surface area contributed by atoms with Gasteiger partial charge in [0, 0.05) is 38.6 Å². The van der Waals surface area contributed by atoms with Crippen molar-refractivity contribution in [1.29, 1.82) is 0 Å². The van der Waals surface area contributed by atoms with Gasteiger partial charge >= 0.3 is 0 Å². The van der Waals surface area contributed by atoms with E-state index >= 15 is 0 Å². The molecule has 1 atom stereocenters. The quantitative estimate of drug-likeness (QED) is 0.819. The lowest BCUT2D eigenvalue weighted by molar-refractivity contribution is -0.126. The van der Waals surface area contributed by atoms with E-state index in [-0.39, 0.29) is 11.8 Å². The van der Waals surface area contributed by atoms with E-state index in [1.807, 2.05) is 14.0 Å². The summed E-state index contributed by atoms with van der Waals surface area (Å²) in [4.78, 5) is 32.3.